The summed E-state index contributed by atoms with van der Waals surface area (Å²) >= 11 is 0. The predicted octanol–water partition coefficient (Wildman–Crippen LogP) is 3.68. The van der Waals surface area contributed by atoms with Gasteiger partial charge in [0.25, 0.3) is 5.91 Å². The fourth-order valence-corrected chi connectivity index (χ4v) is 4.78. The average molecular weight is 403 g/mol. The van der Waals surface area contributed by atoms with Crippen LogP contribution in [-0.4, -0.2) is 38.8 Å². The Hall–Kier alpha value is -2.38. The van der Waals surface area contributed by atoms with Gasteiger partial charge >= 0.3 is 0 Å². The monoisotopic (exact) mass is 402 g/mol. The Morgan fingerprint density at radius 2 is 1.86 bits per heavy atom. The molecule has 150 valence electrons. The molecule has 1 N–H and O–H groups in total. The minimum absolute atomic E-state index is 0.156. The second-order valence-electron chi connectivity index (χ2n) is 7.25. The molecule has 0 aromatic heterocycles. The lowest BCUT2D eigenvalue weighted by Crippen LogP contribution is -2.38. The van der Waals surface area contributed by atoms with Gasteiger partial charge in [-0.15, -0.1) is 0 Å². The molecule has 28 heavy (non-hydrogen) atoms. The maximum Gasteiger partial charge on any atom is 0.255 e. The number of sulfonamides is 1. The third kappa shape index (κ3) is 4.36. The Bertz CT molecular complexity index is 964. The molecule has 1 aliphatic rings. The van der Waals surface area contributed by atoms with Gasteiger partial charge in [0.2, 0.25) is 10.0 Å². The number of hydrogen-bond acceptors (Lipinski definition) is 4. The summed E-state index contributed by atoms with van der Waals surface area (Å²) in [5.41, 5.74) is 1.64. The summed E-state index contributed by atoms with van der Waals surface area (Å²) in [6.45, 7) is 4.96. The zero-order valence-corrected chi connectivity index (χ0v) is 17.3. The Morgan fingerprint density at radius 1 is 1.14 bits per heavy atom. The fraction of sp³-hybridized carbons (Fsp3) is 0.381. The lowest BCUT2D eigenvalue weighted by molar-refractivity contribution is 0.102. The number of amides is 1. The molecule has 0 saturated carbocycles. The van der Waals surface area contributed by atoms with Gasteiger partial charge in [0.1, 0.15) is 5.75 Å². The van der Waals surface area contributed by atoms with E-state index in [0.29, 0.717) is 41.6 Å². The van der Waals surface area contributed by atoms with Crippen LogP contribution in [0.4, 0.5) is 5.69 Å². The molecule has 0 atom stereocenters. The highest BCUT2D eigenvalue weighted by molar-refractivity contribution is 7.89. The summed E-state index contributed by atoms with van der Waals surface area (Å²) < 4.78 is 32.7. The number of carbonyl (C=O) groups excluding carboxylic acids is 1. The second-order valence-corrected chi connectivity index (χ2v) is 9.19. The molecule has 1 aliphatic heterocycles. The molecule has 0 aliphatic carbocycles. The van der Waals surface area contributed by atoms with Crippen molar-refractivity contribution in [3.05, 3.63) is 53.6 Å². The number of rotatable bonds is 5. The van der Waals surface area contributed by atoms with Crippen LogP contribution < -0.4 is 10.1 Å². The first-order chi connectivity index (χ1) is 13.3. The molecule has 7 heteroatoms. The van der Waals surface area contributed by atoms with Gasteiger partial charge in [-0.1, -0.05) is 19.1 Å². The summed E-state index contributed by atoms with van der Waals surface area (Å²) in [5, 5.41) is 2.81. The summed E-state index contributed by atoms with van der Waals surface area (Å²) in [4.78, 5) is 12.9. The molecule has 1 amide bonds. The largest absolute Gasteiger partial charge is 0.497 e. The fourth-order valence-electron chi connectivity index (χ4n) is 3.28. The summed E-state index contributed by atoms with van der Waals surface area (Å²) in [6.07, 6.45) is 1.71. The van der Waals surface area contributed by atoms with E-state index in [-0.39, 0.29) is 10.8 Å². The number of piperidine rings is 1. The van der Waals surface area contributed by atoms with E-state index in [1.165, 1.54) is 10.4 Å². The molecule has 0 spiro atoms. The van der Waals surface area contributed by atoms with Crippen LogP contribution in [0.25, 0.3) is 0 Å². The molecule has 2 aromatic carbocycles. The standard InChI is InChI=1S/C21H26N2O4S/c1-15-9-11-23(12-10-15)28(25,26)19-8-7-16(2)20(14-19)21(24)22-17-5-4-6-18(13-17)27-3/h4-8,13-15H,9-12H2,1-3H3,(H,22,24). The van der Waals surface area contributed by atoms with Crippen LogP contribution in [0, 0.1) is 12.8 Å². The van der Waals surface area contributed by atoms with Crippen LogP contribution in [0.15, 0.2) is 47.4 Å². The van der Waals surface area contributed by atoms with Crippen molar-refractivity contribution in [3.8, 4) is 5.75 Å². The number of carbonyl (C=O) groups is 1. The second kappa shape index (κ2) is 8.32. The van der Waals surface area contributed by atoms with Crippen molar-refractivity contribution in [1.29, 1.82) is 0 Å². The molecule has 1 heterocycles. The van der Waals surface area contributed by atoms with E-state index in [0.717, 1.165) is 12.8 Å². The quantitative estimate of drug-likeness (QED) is 0.828. The Kier molecular flexibility index (Phi) is 6.05. The van der Waals surface area contributed by atoms with Crippen LogP contribution in [0.5, 0.6) is 5.75 Å². The van der Waals surface area contributed by atoms with Gasteiger partial charge in [-0.25, -0.2) is 8.42 Å². The van der Waals surface area contributed by atoms with E-state index >= 15 is 0 Å². The highest BCUT2D eigenvalue weighted by atomic mass is 32.2. The van der Waals surface area contributed by atoms with Crippen LogP contribution >= 0.6 is 0 Å². The molecular formula is C21H26N2O4S. The molecule has 0 radical (unpaired) electrons. The van der Waals surface area contributed by atoms with Gasteiger partial charge in [0, 0.05) is 30.4 Å². The predicted molar refractivity (Wildman–Crippen MR) is 109 cm³/mol. The molecule has 1 fully saturated rings. The topological polar surface area (TPSA) is 75.7 Å². The first-order valence-electron chi connectivity index (χ1n) is 9.37. The number of benzene rings is 2. The van der Waals surface area contributed by atoms with Crippen molar-refractivity contribution in [1.82, 2.24) is 4.31 Å². The van der Waals surface area contributed by atoms with E-state index < -0.39 is 10.0 Å². The van der Waals surface area contributed by atoms with Crippen LogP contribution in [0.1, 0.15) is 35.7 Å². The Labute approximate surface area is 166 Å². The van der Waals surface area contributed by atoms with Gasteiger partial charge in [-0.3, -0.25) is 4.79 Å². The van der Waals surface area contributed by atoms with Crippen LogP contribution in [0.2, 0.25) is 0 Å². The number of anilines is 1. The third-order valence-corrected chi connectivity index (χ3v) is 7.06. The molecule has 6 nitrogen and oxygen atoms in total. The highest BCUT2D eigenvalue weighted by Gasteiger charge is 2.28. The number of nitrogens with zero attached hydrogens (tertiary/aromatic N) is 1. The average Bonchev–Trinajstić information content (AvgIpc) is 2.68. The number of methoxy groups -OCH3 is 1. The van der Waals surface area contributed by atoms with E-state index in [4.69, 9.17) is 4.74 Å². The smallest absolute Gasteiger partial charge is 0.255 e. The first-order valence-corrected chi connectivity index (χ1v) is 10.8. The van der Waals surface area contributed by atoms with Crippen molar-refractivity contribution in [2.75, 3.05) is 25.5 Å². The number of hydrogen-bond donors (Lipinski definition) is 1. The van der Waals surface area contributed by atoms with Crippen molar-refractivity contribution >= 4 is 21.6 Å². The minimum atomic E-state index is -3.61. The third-order valence-electron chi connectivity index (χ3n) is 5.16. The normalized spacial score (nSPS) is 16.0. The van der Waals surface area contributed by atoms with E-state index in [9.17, 15) is 13.2 Å². The van der Waals surface area contributed by atoms with Crippen molar-refractivity contribution in [2.24, 2.45) is 5.92 Å². The number of nitrogens with one attached hydrogen (secondary N) is 1. The SMILES string of the molecule is COc1cccc(NC(=O)c2cc(S(=O)(=O)N3CCC(C)CC3)ccc2C)c1. The first kappa shape index (κ1) is 20.4. The molecule has 1 saturated heterocycles. The molecular weight excluding hydrogens is 376 g/mol. The van der Waals surface area contributed by atoms with E-state index in [1.807, 2.05) is 0 Å². The van der Waals surface area contributed by atoms with Gasteiger partial charge in [-0.2, -0.15) is 4.31 Å². The molecule has 0 bridgehead atoms. The number of ether oxygens (including phenoxy) is 1. The van der Waals surface area contributed by atoms with Gasteiger partial charge < -0.3 is 10.1 Å². The maximum absolute atomic E-state index is 13.0. The van der Waals surface area contributed by atoms with Gasteiger partial charge in [-0.05, 0) is 55.5 Å². The van der Waals surface area contributed by atoms with Crippen LogP contribution in [0.3, 0.4) is 0 Å². The lowest BCUT2D eigenvalue weighted by atomic mass is 10.0. The summed E-state index contributed by atoms with van der Waals surface area (Å²) in [6, 6.07) is 11.8. The van der Waals surface area contributed by atoms with E-state index in [1.54, 1.807) is 50.4 Å². The molecule has 3 rings (SSSR count). The zero-order valence-electron chi connectivity index (χ0n) is 16.4. The van der Waals surface area contributed by atoms with Crippen molar-refractivity contribution < 1.29 is 17.9 Å². The van der Waals surface area contributed by atoms with Gasteiger partial charge in [0.15, 0.2) is 0 Å². The van der Waals surface area contributed by atoms with Crippen molar-refractivity contribution in [3.63, 3.8) is 0 Å². The Balaban J connectivity index is 1.85. The maximum atomic E-state index is 13.0. The minimum Gasteiger partial charge on any atom is -0.497 e. The molecule has 0 unspecified atom stereocenters. The van der Waals surface area contributed by atoms with Gasteiger partial charge in [0.05, 0.1) is 12.0 Å². The van der Waals surface area contributed by atoms with E-state index in [2.05, 4.69) is 12.2 Å². The Morgan fingerprint density at radius 3 is 2.54 bits per heavy atom. The lowest BCUT2D eigenvalue weighted by Gasteiger charge is -2.29. The summed E-state index contributed by atoms with van der Waals surface area (Å²) in [5.74, 6) is 0.814. The number of aryl methyl sites for hydroxylation is 1. The van der Waals surface area contributed by atoms with Crippen molar-refractivity contribution in [2.45, 2.75) is 31.6 Å². The molecule has 2 aromatic rings. The van der Waals surface area contributed by atoms with Crippen LogP contribution in [-0.2, 0) is 10.0 Å². The summed E-state index contributed by atoms with van der Waals surface area (Å²) in [7, 11) is -2.05. The highest BCUT2D eigenvalue weighted by Crippen LogP contribution is 2.25. The zero-order chi connectivity index (χ0) is 20.3.